The van der Waals surface area contributed by atoms with E-state index in [0.717, 1.165) is 10.2 Å². The van der Waals surface area contributed by atoms with Crippen molar-refractivity contribution in [3.05, 3.63) is 82.5 Å². The summed E-state index contributed by atoms with van der Waals surface area (Å²) < 4.78 is 42.3. The largest absolute Gasteiger partial charge is 0.410 e. The van der Waals surface area contributed by atoms with Crippen LogP contribution in [0.2, 0.25) is 5.02 Å². The van der Waals surface area contributed by atoms with E-state index >= 15 is 0 Å². The van der Waals surface area contributed by atoms with Crippen molar-refractivity contribution in [3.8, 4) is 0 Å². The zero-order chi connectivity index (χ0) is 22.2. The molecule has 0 fully saturated rings. The first-order valence-electron chi connectivity index (χ1n) is 9.77. The molecule has 0 saturated carbocycles. The number of amides is 1. The molecule has 31 heavy (non-hydrogen) atoms. The highest BCUT2D eigenvalue weighted by molar-refractivity contribution is 6.36. The van der Waals surface area contributed by atoms with Gasteiger partial charge in [0.2, 0.25) is 0 Å². The maximum atomic E-state index is 13.9. The molecular formula is C22H20ClF3N4O. The maximum Gasteiger partial charge on any atom is 0.410 e. The molecule has 4 rings (SSSR count). The standard InChI is InChI=1S/C22H20ClF3N4O/c1-13(14-8-4-2-5-9-14)27-21(31)19-18(23)20-28-16(15-10-6-3-7-11-15)12-17(22(24,25)26)30(20)29-19/h2-11,13,16-17,28H,12H2,1H3,(H,27,31)/t13-,16-,17+/m0/s1. The zero-order valence-corrected chi connectivity index (χ0v) is 17.3. The Morgan fingerprint density at radius 3 is 2.39 bits per heavy atom. The summed E-state index contributed by atoms with van der Waals surface area (Å²) in [5, 5.41) is 9.61. The quantitative estimate of drug-likeness (QED) is 0.539. The molecule has 1 amide bonds. The number of carbonyl (C=O) groups is 1. The fourth-order valence-electron chi connectivity index (χ4n) is 3.73. The van der Waals surface area contributed by atoms with E-state index in [4.69, 9.17) is 11.6 Å². The first kappa shape index (κ1) is 21.2. The lowest BCUT2D eigenvalue weighted by atomic mass is 9.97. The molecule has 0 aliphatic carbocycles. The van der Waals surface area contributed by atoms with E-state index in [1.54, 1.807) is 37.3 Å². The van der Waals surface area contributed by atoms with Crippen molar-refractivity contribution in [1.29, 1.82) is 0 Å². The summed E-state index contributed by atoms with van der Waals surface area (Å²) in [7, 11) is 0. The Balaban J connectivity index is 1.66. The van der Waals surface area contributed by atoms with Crippen LogP contribution in [-0.4, -0.2) is 21.9 Å². The van der Waals surface area contributed by atoms with Crippen LogP contribution in [0.25, 0.3) is 0 Å². The molecule has 0 radical (unpaired) electrons. The Hall–Kier alpha value is -3.00. The van der Waals surface area contributed by atoms with Gasteiger partial charge in [-0.25, -0.2) is 4.68 Å². The second-order valence-electron chi connectivity index (χ2n) is 7.46. The number of anilines is 1. The van der Waals surface area contributed by atoms with Gasteiger partial charge < -0.3 is 10.6 Å². The van der Waals surface area contributed by atoms with Crippen molar-refractivity contribution in [2.45, 2.75) is 37.6 Å². The van der Waals surface area contributed by atoms with E-state index in [1.165, 1.54) is 0 Å². The van der Waals surface area contributed by atoms with Crippen molar-refractivity contribution in [3.63, 3.8) is 0 Å². The monoisotopic (exact) mass is 448 g/mol. The molecule has 162 valence electrons. The van der Waals surface area contributed by atoms with Gasteiger partial charge in [-0.1, -0.05) is 72.3 Å². The van der Waals surface area contributed by atoms with Crippen LogP contribution in [0.5, 0.6) is 0 Å². The number of nitrogens with zero attached hydrogens (tertiary/aromatic N) is 2. The molecule has 3 atom stereocenters. The molecule has 5 nitrogen and oxygen atoms in total. The Kier molecular flexibility index (Phi) is 5.66. The van der Waals surface area contributed by atoms with Crippen molar-refractivity contribution in [2.75, 3.05) is 5.32 Å². The van der Waals surface area contributed by atoms with Gasteiger partial charge in [-0.2, -0.15) is 18.3 Å². The normalized spacial score (nSPS) is 19.3. The van der Waals surface area contributed by atoms with Crippen LogP contribution >= 0.6 is 11.6 Å². The number of hydrogen-bond acceptors (Lipinski definition) is 3. The second-order valence-corrected chi connectivity index (χ2v) is 7.84. The van der Waals surface area contributed by atoms with Gasteiger partial charge in [-0.05, 0) is 18.1 Å². The number of hydrogen-bond donors (Lipinski definition) is 2. The SMILES string of the molecule is C[C@H](NC(=O)c1nn2c(c1Cl)N[C@H](c1ccccc1)C[C@@H]2C(F)(F)F)c1ccccc1. The van der Waals surface area contributed by atoms with E-state index < -0.39 is 24.2 Å². The van der Waals surface area contributed by atoms with Gasteiger partial charge in [-0.15, -0.1) is 0 Å². The summed E-state index contributed by atoms with van der Waals surface area (Å²) in [5.41, 5.74) is 1.31. The van der Waals surface area contributed by atoms with Gasteiger partial charge in [0.1, 0.15) is 10.8 Å². The number of benzene rings is 2. The molecule has 0 spiro atoms. The minimum atomic E-state index is -4.55. The van der Waals surface area contributed by atoms with Crippen molar-refractivity contribution in [2.24, 2.45) is 0 Å². The van der Waals surface area contributed by atoms with Crippen LogP contribution in [0, 0.1) is 0 Å². The molecule has 9 heteroatoms. The minimum absolute atomic E-state index is 0.0124. The van der Waals surface area contributed by atoms with Crippen LogP contribution < -0.4 is 10.6 Å². The highest BCUT2D eigenvalue weighted by atomic mass is 35.5. The van der Waals surface area contributed by atoms with Crippen LogP contribution in [0.1, 0.15) is 53.1 Å². The predicted molar refractivity (Wildman–Crippen MR) is 112 cm³/mol. The van der Waals surface area contributed by atoms with Gasteiger partial charge in [0.15, 0.2) is 11.7 Å². The summed E-state index contributed by atoms with van der Waals surface area (Å²) in [4.78, 5) is 12.8. The van der Waals surface area contributed by atoms with E-state index in [1.807, 2.05) is 30.3 Å². The fraction of sp³-hybridized carbons (Fsp3) is 0.273. The van der Waals surface area contributed by atoms with Gasteiger partial charge in [-0.3, -0.25) is 4.79 Å². The summed E-state index contributed by atoms with van der Waals surface area (Å²) in [5.74, 6) is -0.649. The number of fused-ring (bicyclic) bond motifs is 1. The molecule has 0 unspecified atom stereocenters. The first-order valence-corrected chi connectivity index (χ1v) is 10.2. The van der Waals surface area contributed by atoms with E-state index in [0.29, 0.717) is 5.56 Å². The summed E-state index contributed by atoms with van der Waals surface area (Å²) in [6, 6.07) is 15.1. The van der Waals surface area contributed by atoms with Crippen molar-refractivity contribution in [1.82, 2.24) is 15.1 Å². The Morgan fingerprint density at radius 1 is 1.16 bits per heavy atom. The Bertz CT molecular complexity index is 1070. The number of nitrogens with one attached hydrogen (secondary N) is 2. The number of halogens is 4. The highest BCUT2D eigenvalue weighted by Gasteiger charge is 2.47. The van der Waals surface area contributed by atoms with Gasteiger partial charge in [0.25, 0.3) is 5.91 Å². The third-order valence-corrected chi connectivity index (χ3v) is 5.72. The van der Waals surface area contributed by atoms with Crippen LogP contribution in [0.15, 0.2) is 60.7 Å². The first-order chi connectivity index (χ1) is 14.8. The average molecular weight is 449 g/mol. The molecule has 2 N–H and O–H groups in total. The molecule has 2 heterocycles. The molecule has 1 aliphatic heterocycles. The maximum absolute atomic E-state index is 13.9. The van der Waals surface area contributed by atoms with E-state index in [2.05, 4.69) is 15.7 Å². The molecule has 0 saturated heterocycles. The second kappa shape index (κ2) is 8.26. The lowest BCUT2D eigenvalue weighted by Gasteiger charge is -2.33. The summed E-state index contributed by atoms with van der Waals surface area (Å²) in [6.45, 7) is 1.78. The predicted octanol–water partition coefficient (Wildman–Crippen LogP) is 5.69. The lowest BCUT2D eigenvalue weighted by molar-refractivity contribution is -0.173. The molecule has 1 aliphatic rings. The minimum Gasteiger partial charge on any atom is -0.362 e. The molecular weight excluding hydrogens is 429 g/mol. The molecule has 0 bridgehead atoms. The number of alkyl halides is 3. The third kappa shape index (κ3) is 4.25. The highest BCUT2D eigenvalue weighted by Crippen LogP contribution is 2.46. The van der Waals surface area contributed by atoms with Crippen molar-refractivity contribution >= 4 is 23.3 Å². The van der Waals surface area contributed by atoms with Crippen LogP contribution in [0.3, 0.4) is 0 Å². The van der Waals surface area contributed by atoms with Gasteiger partial charge in [0.05, 0.1) is 12.1 Å². The topological polar surface area (TPSA) is 59.0 Å². The fourth-order valence-corrected chi connectivity index (χ4v) is 3.99. The van der Waals surface area contributed by atoms with Crippen LogP contribution in [0.4, 0.5) is 19.0 Å². The number of aromatic nitrogens is 2. The molecule has 2 aromatic carbocycles. The summed E-state index contributed by atoms with van der Waals surface area (Å²) >= 11 is 6.36. The molecule has 1 aromatic heterocycles. The lowest BCUT2D eigenvalue weighted by Crippen LogP contribution is -2.36. The Labute approximate surface area is 182 Å². The van der Waals surface area contributed by atoms with E-state index in [9.17, 15) is 18.0 Å². The number of carbonyl (C=O) groups excluding carboxylic acids is 1. The van der Waals surface area contributed by atoms with Crippen LogP contribution in [-0.2, 0) is 0 Å². The van der Waals surface area contributed by atoms with Gasteiger partial charge in [0, 0.05) is 6.42 Å². The van der Waals surface area contributed by atoms with E-state index in [-0.39, 0.29) is 29.0 Å². The average Bonchev–Trinajstić information content (AvgIpc) is 3.10. The van der Waals surface area contributed by atoms with Gasteiger partial charge >= 0.3 is 6.18 Å². The molecule has 3 aromatic rings. The third-order valence-electron chi connectivity index (χ3n) is 5.36. The zero-order valence-electron chi connectivity index (χ0n) is 16.5. The number of rotatable bonds is 4. The smallest absolute Gasteiger partial charge is 0.362 e. The summed E-state index contributed by atoms with van der Waals surface area (Å²) in [6.07, 6.45) is -4.82. The Morgan fingerprint density at radius 2 is 1.77 bits per heavy atom. The van der Waals surface area contributed by atoms with Crippen molar-refractivity contribution < 1.29 is 18.0 Å².